The Kier molecular flexibility index (Phi) is 4.14. The number of hydrogen-bond acceptors (Lipinski definition) is 1. The summed E-state index contributed by atoms with van der Waals surface area (Å²) in [7, 11) is 0. The van der Waals surface area contributed by atoms with E-state index in [2.05, 4.69) is 12.1 Å². The monoisotopic (exact) mass is 270 g/mol. The normalized spacial score (nSPS) is 9.67. The number of carboxylic acids is 1. The third-order valence-electron chi connectivity index (χ3n) is 1.44. The summed E-state index contributed by atoms with van der Waals surface area (Å²) < 4.78 is 2.27. The molecule has 0 fully saturated rings. The van der Waals surface area contributed by atoms with Crippen molar-refractivity contribution in [1.82, 2.24) is 0 Å². The molecule has 0 aliphatic rings. The summed E-state index contributed by atoms with van der Waals surface area (Å²) in [5, 5.41) is 8.42. The van der Waals surface area contributed by atoms with Gasteiger partial charge in [-0.25, -0.2) is 0 Å². The molecule has 1 aromatic carbocycles. The molecular formula is C9H10O2Sn. The van der Waals surface area contributed by atoms with Gasteiger partial charge in [0.25, 0.3) is 0 Å². The van der Waals surface area contributed by atoms with E-state index in [4.69, 9.17) is 5.11 Å². The fraction of sp³-hybridized carbons (Fsp3) is 0.222. The van der Waals surface area contributed by atoms with Crippen LogP contribution in [0.25, 0.3) is 0 Å². The minimum atomic E-state index is -0.674. The van der Waals surface area contributed by atoms with E-state index >= 15 is 0 Å². The molecule has 0 atom stereocenters. The van der Waals surface area contributed by atoms with Crippen molar-refractivity contribution in [3.8, 4) is 0 Å². The Morgan fingerprint density at radius 2 is 2.00 bits per heavy atom. The second-order valence-corrected chi connectivity index (χ2v) is 6.52. The molecule has 2 nitrogen and oxygen atoms in total. The van der Waals surface area contributed by atoms with Crippen molar-refractivity contribution in [1.29, 1.82) is 0 Å². The van der Waals surface area contributed by atoms with E-state index in [0.29, 0.717) is 6.42 Å². The Labute approximate surface area is 81.8 Å². The van der Waals surface area contributed by atoms with Gasteiger partial charge in [-0.15, -0.1) is 0 Å². The number of rotatable bonds is 4. The SMILES string of the molecule is O=C(O)C[CH2][Sn][c]1ccccc1. The first-order valence-electron chi connectivity index (χ1n) is 3.80. The number of carbonyl (C=O) groups is 1. The summed E-state index contributed by atoms with van der Waals surface area (Å²) in [6.45, 7) is 0. The van der Waals surface area contributed by atoms with Crippen LogP contribution in [0.2, 0.25) is 4.44 Å². The van der Waals surface area contributed by atoms with Gasteiger partial charge in [0.05, 0.1) is 0 Å². The Hall–Kier alpha value is -0.511. The predicted molar refractivity (Wildman–Crippen MR) is 48.9 cm³/mol. The maximum absolute atomic E-state index is 10.2. The van der Waals surface area contributed by atoms with E-state index in [9.17, 15) is 4.79 Å². The van der Waals surface area contributed by atoms with Crippen molar-refractivity contribution in [2.75, 3.05) is 0 Å². The van der Waals surface area contributed by atoms with Gasteiger partial charge >= 0.3 is 81.8 Å². The van der Waals surface area contributed by atoms with Crippen molar-refractivity contribution in [3.05, 3.63) is 30.3 Å². The van der Waals surface area contributed by atoms with Crippen LogP contribution in [0.1, 0.15) is 6.42 Å². The standard InChI is InChI=1S/C6H5.C3H5O2.Sn/c1-2-4-6-5-3-1;1-2-3(4)5;/h1-5H;1-2H2,(H,4,5);. The summed E-state index contributed by atoms with van der Waals surface area (Å²) in [4.78, 5) is 10.2. The van der Waals surface area contributed by atoms with Crippen molar-refractivity contribution in [2.24, 2.45) is 0 Å². The molecule has 0 unspecified atom stereocenters. The molecular weight excluding hydrogens is 259 g/mol. The zero-order valence-electron chi connectivity index (χ0n) is 6.66. The Bertz CT molecular complexity index is 246. The van der Waals surface area contributed by atoms with Crippen molar-refractivity contribution in [3.63, 3.8) is 0 Å². The molecule has 62 valence electrons. The van der Waals surface area contributed by atoms with Crippen LogP contribution in [0.15, 0.2) is 30.3 Å². The zero-order valence-corrected chi connectivity index (χ0v) is 9.51. The molecule has 1 aromatic rings. The summed E-state index contributed by atoms with van der Waals surface area (Å²) in [5.74, 6) is -0.674. The van der Waals surface area contributed by atoms with Gasteiger partial charge in [0.2, 0.25) is 0 Å². The van der Waals surface area contributed by atoms with Crippen molar-refractivity contribution < 1.29 is 9.90 Å². The minimum absolute atomic E-state index is 0.334. The van der Waals surface area contributed by atoms with Gasteiger partial charge in [0.15, 0.2) is 0 Å². The van der Waals surface area contributed by atoms with Gasteiger partial charge in [0, 0.05) is 0 Å². The van der Waals surface area contributed by atoms with Crippen molar-refractivity contribution >= 4 is 30.7 Å². The van der Waals surface area contributed by atoms with Crippen molar-refractivity contribution in [2.45, 2.75) is 10.9 Å². The fourth-order valence-electron chi connectivity index (χ4n) is 0.870. The average Bonchev–Trinajstić information content (AvgIpc) is 2.05. The van der Waals surface area contributed by atoms with E-state index in [-0.39, 0.29) is 0 Å². The molecule has 0 bridgehead atoms. The van der Waals surface area contributed by atoms with Crippen LogP contribution >= 0.6 is 0 Å². The molecule has 0 saturated carbocycles. The van der Waals surface area contributed by atoms with Crippen LogP contribution in [0.3, 0.4) is 0 Å². The second kappa shape index (κ2) is 5.19. The molecule has 3 heteroatoms. The number of aliphatic carboxylic acids is 1. The van der Waals surface area contributed by atoms with E-state index in [1.165, 1.54) is 3.58 Å². The maximum atomic E-state index is 10.2. The van der Waals surface area contributed by atoms with Gasteiger partial charge in [-0.2, -0.15) is 0 Å². The number of hydrogen-bond donors (Lipinski definition) is 1. The molecule has 0 saturated heterocycles. The molecule has 0 aromatic heterocycles. The van der Waals surface area contributed by atoms with Gasteiger partial charge < -0.3 is 0 Å². The zero-order chi connectivity index (χ0) is 8.81. The van der Waals surface area contributed by atoms with Crippen LogP contribution in [-0.4, -0.2) is 32.2 Å². The number of benzene rings is 1. The van der Waals surface area contributed by atoms with Crippen LogP contribution in [0.5, 0.6) is 0 Å². The van der Waals surface area contributed by atoms with Crippen LogP contribution in [0, 0.1) is 0 Å². The number of carboxylic acid groups (broad SMARTS) is 1. The van der Waals surface area contributed by atoms with Gasteiger partial charge in [-0.3, -0.25) is 0 Å². The summed E-state index contributed by atoms with van der Waals surface area (Å²) in [6.07, 6.45) is 0.334. The Morgan fingerprint density at radius 1 is 1.33 bits per heavy atom. The second-order valence-electron chi connectivity index (χ2n) is 2.44. The van der Waals surface area contributed by atoms with E-state index in [1.807, 2.05) is 18.2 Å². The summed E-state index contributed by atoms with van der Waals surface area (Å²) in [5.41, 5.74) is 0. The van der Waals surface area contributed by atoms with Crippen LogP contribution < -0.4 is 3.58 Å². The van der Waals surface area contributed by atoms with E-state index in [1.54, 1.807) is 0 Å². The van der Waals surface area contributed by atoms with Gasteiger partial charge in [0.1, 0.15) is 0 Å². The third-order valence-corrected chi connectivity index (χ3v) is 4.99. The van der Waals surface area contributed by atoms with E-state index < -0.39 is 27.1 Å². The predicted octanol–water partition coefficient (Wildman–Crippen LogP) is 0.909. The average molecular weight is 269 g/mol. The van der Waals surface area contributed by atoms with Gasteiger partial charge in [-0.05, 0) is 0 Å². The quantitative estimate of drug-likeness (QED) is 0.825. The first kappa shape index (κ1) is 9.58. The Balaban J connectivity index is 2.29. The fourth-order valence-corrected chi connectivity index (χ4v) is 3.88. The molecule has 0 heterocycles. The first-order valence-corrected chi connectivity index (χ1v) is 7.24. The molecule has 1 N–H and O–H groups in total. The van der Waals surface area contributed by atoms with Crippen LogP contribution in [-0.2, 0) is 4.79 Å². The molecule has 1 rings (SSSR count). The summed E-state index contributed by atoms with van der Waals surface area (Å²) in [6, 6.07) is 10.2. The summed E-state index contributed by atoms with van der Waals surface area (Å²) >= 11 is -0.601. The Morgan fingerprint density at radius 3 is 2.58 bits per heavy atom. The molecule has 0 amide bonds. The molecule has 0 aliphatic heterocycles. The third kappa shape index (κ3) is 3.76. The van der Waals surface area contributed by atoms with Gasteiger partial charge in [-0.1, -0.05) is 0 Å². The van der Waals surface area contributed by atoms with E-state index in [0.717, 1.165) is 4.44 Å². The molecule has 0 aliphatic carbocycles. The molecule has 0 spiro atoms. The topological polar surface area (TPSA) is 37.3 Å². The first-order chi connectivity index (χ1) is 5.79. The molecule has 2 radical (unpaired) electrons. The van der Waals surface area contributed by atoms with Crippen LogP contribution in [0.4, 0.5) is 0 Å². The molecule has 12 heavy (non-hydrogen) atoms.